The Bertz CT molecular complexity index is 585. The van der Waals surface area contributed by atoms with Gasteiger partial charge in [-0.15, -0.1) is 0 Å². The molecule has 5 nitrogen and oxygen atoms in total. The van der Waals surface area contributed by atoms with Crippen LogP contribution in [0.5, 0.6) is 11.5 Å². The van der Waals surface area contributed by atoms with Gasteiger partial charge in [0.2, 0.25) is 0 Å². The number of nitrogens with zero attached hydrogens (tertiary/aromatic N) is 2. The molecule has 2 aromatic rings. The highest BCUT2D eigenvalue weighted by molar-refractivity contribution is 5.66. The van der Waals surface area contributed by atoms with E-state index in [1.807, 2.05) is 32.2 Å². The second kappa shape index (κ2) is 5.56. The summed E-state index contributed by atoms with van der Waals surface area (Å²) < 4.78 is 10.5. The largest absolute Gasteiger partial charge is 0.497 e. The molecule has 2 rings (SSSR count). The number of hydrogen-bond donors (Lipinski definition) is 1. The third kappa shape index (κ3) is 2.59. The van der Waals surface area contributed by atoms with Crippen molar-refractivity contribution in [3.8, 4) is 22.9 Å². The third-order valence-corrected chi connectivity index (χ3v) is 2.90. The number of hydrogen-bond acceptors (Lipinski definition) is 5. The Labute approximate surface area is 112 Å². The molecule has 0 saturated carbocycles. The normalized spacial score (nSPS) is 10.1. The lowest BCUT2D eigenvalue weighted by molar-refractivity contribution is 0.395. The predicted molar refractivity (Wildman–Crippen MR) is 74.9 cm³/mol. The Morgan fingerprint density at radius 3 is 2.53 bits per heavy atom. The molecule has 100 valence electrons. The first-order valence-corrected chi connectivity index (χ1v) is 5.93. The molecule has 19 heavy (non-hydrogen) atoms. The van der Waals surface area contributed by atoms with E-state index in [0.717, 1.165) is 22.7 Å². The Kier molecular flexibility index (Phi) is 3.85. The van der Waals surface area contributed by atoms with Crippen molar-refractivity contribution in [3.05, 3.63) is 30.1 Å². The fourth-order valence-electron chi connectivity index (χ4n) is 1.83. The zero-order chi connectivity index (χ0) is 13.8. The summed E-state index contributed by atoms with van der Waals surface area (Å²) in [5.41, 5.74) is 2.65. The third-order valence-electron chi connectivity index (χ3n) is 2.90. The fourth-order valence-corrected chi connectivity index (χ4v) is 1.83. The van der Waals surface area contributed by atoms with E-state index in [1.54, 1.807) is 20.4 Å². The van der Waals surface area contributed by atoms with Gasteiger partial charge in [0.15, 0.2) is 5.82 Å². The number of nitrogens with one attached hydrogen (secondary N) is 1. The molecule has 1 aromatic carbocycles. The first-order chi connectivity index (χ1) is 9.19. The first-order valence-electron chi connectivity index (χ1n) is 5.93. The molecule has 1 aromatic heterocycles. The van der Waals surface area contributed by atoms with Crippen LogP contribution in [0.3, 0.4) is 0 Å². The van der Waals surface area contributed by atoms with E-state index >= 15 is 0 Å². The van der Waals surface area contributed by atoms with Crippen LogP contribution < -0.4 is 14.8 Å². The van der Waals surface area contributed by atoms with Gasteiger partial charge in [-0.1, -0.05) is 0 Å². The SMILES string of the molecule is CNc1cnc(-c2ccc(OC)cc2OC)nc1C. The molecule has 0 unspecified atom stereocenters. The summed E-state index contributed by atoms with van der Waals surface area (Å²) in [5, 5.41) is 3.04. The van der Waals surface area contributed by atoms with Crippen LogP contribution in [0.2, 0.25) is 0 Å². The van der Waals surface area contributed by atoms with Gasteiger partial charge in [-0.25, -0.2) is 9.97 Å². The number of ether oxygens (including phenoxy) is 2. The van der Waals surface area contributed by atoms with Crippen molar-refractivity contribution in [2.75, 3.05) is 26.6 Å². The average molecular weight is 259 g/mol. The Hall–Kier alpha value is -2.30. The van der Waals surface area contributed by atoms with E-state index in [2.05, 4.69) is 15.3 Å². The smallest absolute Gasteiger partial charge is 0.163 e. The van der Waals surface area contributed by atoms with Gasteiger partial charge in [-0.2, -0.15) is 0 Å². The van der Waals surface area contributed by atoms with Gasteiger partial charge >= 0.3 is 0 Å². The maximum absolute atomic E-state index is 5.36. The number of anilines is 1. The highest BCUT2D eigenvalue weighted by Crippen LogP contribution is 2.31. The minimum atomic E-state index is 0.635. The van der Waals surface area contributed by atoms with Crippen molar-refractivity contribution in [2.24, 2.45) is 0 Å². The van der Waals surface area contributed by atoms with Crippen molar-refractivity contribution >= 4 is 5.69 Å². The molecule has 0 radical (unpaired) electrons. The summed E-state index contributed by atoms with van der Waals surface area (Å²) in [4.78, 5) is 8.83. The highest BCUT2D eigenvalue weighted by Gasteiger charge is 2.11. The molecule has 0 aliphatic carbocycles. The molecule has 0 fully saturated rings. The monoisotopic (exact) mass is 259 g/mol. The van der Waals surface area contributed by atoms with Crippen LogP contribution in [0.15, 0.2) is 24.4 Å². The van der Waals surface area contributed by atoms with Crippen molar-refractivity contribution < 1.29 is 9.47 Å². The van der Waals surface area contributed by atoms with E-state index in [-0.39, 0.29) is 0 Å². The molecule has 5 heteroatoms. The molecule has 0 aliphatic heterocycles. The van der Waals surface area contributed by atoms with E-state index in [0.29, 0.717) is 11.6 Å². The van der Waals surface area contributed by atoms with Gasteiger partial charge < -0.3 is 14.8 Å². The minimum Gasteiger partial charge on any atom is -0.497 e. The number of benzene rings is 1. The second-order valence-electron chi connectivity index (χ2n) is 4.01. The van der Waals surface area contributed by atoms with Crippen LogP contribution in [-0.4, -0.2) is 31.2 Å². The lowest BCUT2D eigenvalue weighted by atomic mass is 10.1. The maximum atomic E-state index is 5.36. The molecular weight excluding hydrogens is 242 g/mol. The standard InChI is InChI=1S/C14H17N3O2/c1-9-12(15-2)8-16-14(17-9)11-6-5-10(18-3)7-13(11)19-4/h5-8,15H,1-4H3. The van der Waals surface area contributed by atoms with Crippen molar-refractivity contribution in [3.63, 3.8) is 0 Å². The fraction of sp³-hybridized carbons (Fsp3) is 0.286. The molecule has 0 spiro atoms. The molecular formula is C14H17N3O2. The Morgan fingerprint density at radius 1 is 1.16 bits per heavy atom. The zero-order valence-electron chi connectivity index (χ0n) is 11.5. The summed E-state index contributed by atoms with van der Waals surface area (Å²) >= 11 is 0. The quantitative estimate of drug-likeness (QED) is 0.914. The summed E-state index contributed by atoms with van der Waals surface area (Å²) in [6.07, 6.45) is 1.77. The predicted octanol–water partition coefficient (Wildman–Crippen LogP) is 2.51. The van der Waals surface area contributed by atoms with Crippen molar-refractivity contribution in [1.29, 1.82) is 0 Å². The van der Waals surface area contributed by atoms with Gasteiger partial charge in [0.1, 0.15) is 11.5 Å². The zero-order valence-corrected chi connectivity index (χ0v) is 11.5. The van der Waals surface area contributed by atoms with Crippen LogP contribution in [0.25, 0.3) is 11.4 Å². The topological polar surface area (TPSA) is 56.3 Å². The average Bonchev–Trinajstić information content (AvgIpc) is 2.46. The van der Waals surface area contributed by atoms with Crippen LogP contribution in [-0.2, 0) is 0 Å². The van der Waals surface area contributed by atoms with Crippen molar-refractivity contribution in [2.45, 2.75) is 6.92 Å². The van der Waals surface area contributed by atoms with Gasteiger partial charge in [0.25, 0.3) is 0 Å². The van der Waals surface area contributed by atoms with E-state index < -0.39 is 0 Å². The van der Waals surface area contributed by atoms with Gasteiger partial charge in [-0.05, 0) is 19.1 Å². The Morgan fingerprint density at radius 2 is 1.95 bits per heavy atom. The van der Waals surface area contributed by atoms with Crippen LogP contribution in [0.1, 0.15) is 5.69 Å². The lowest BCUT2D eigenvalue weighted by Gasteiger charge is -2.11. The number of aromatic nitrogens is 2. The van der Waals surface area contributed by atoms with Gasteiger partial charge in [0, 0.05) is 13.1 Å². The summed E-state index contributed by atoms with van der Waals surface area (Å²) in [6.45, 7) is 1.94. The molecule has 1 heterocycles. The maximum Gasteiger partial charge on any atom is 0.163 e. The first kappa shape index (κ1) is 13.1. The van der Waals surface area contributed by atoms with Crippen molar-refractivity contribution in [1.82, 2.24) is 9.97 Å². The second-order valence-corrected chi connectivity index (χ2v) is 4.01. The highest BCUT2D eigenvalue weighted by atomic mass is 16.5. The summed E-state index contributed by atoms with van der Waals surface area (Å²) in [7, 11) is 5.09. The summed E-state index contributed by atoms with van der Waals surface area (Å²) in [6, 6.07) is 5.58. The van der Waals surface area contributed by atoms with E-state index in [9.17, 15) is 0 Å². The minimum absolute atomic E-state index is 0.635. The molecule has 0 atom stereocenters. The van der Waals surface area contributed by atoms with Crippen LogP contribution in [0.4, 0.5) is 5.69 Å². The number of methoxy groups -OCH3 is 2. The molecule has 0 bridgehead atoms. The van der Waals surface area contributed by atoms with Crippen LogP contribution >= 0.6 is 0 Å². The molecule has 1 N–H and O–H groups in total. The van der Waals surface area contributed by atoms with Gasteiger partial charge in [-0.3, -0.25) is 0 Å². The molecule has 0 saturated heterocycles. The summed E-state index contributed by atoms with van der Waals surface area (Å²) in [5.74, 6) is 2.07. The number of rotatable bonds is 4. The molecule has 0 amide bonds. The lowest BCUT2D eigenvalue weighted by Crippen LogP contribution is -1.99. The molecule has 0 aliphatic rings. The van der Waals surface area contributed by atoms with E-state index in [4.69, 9.17) is 9.47 Å². The Balaban J connectivity index is 2.49. The van der Waals surface area contributed by atoms with Gasteiger partial charge in [0.05, 0.1) is 37.4 Å². The number of aryl methyl sites for hydroxylation is 1. The van der Waals surface area contributed by atoms with Crippen LogP contribution in [0, 0.1) is 6.92 Å². The van der Waals surface area contributed by atoms with E-state index in [1.165, 1.54) is 0 Å².